The predicted octanol–water partition coefficient (Wildman–Crippen LogP) is 4.74. The molecule has 0 spiro atoms. The minimum atomic E-state index is -4.47. The summed E-state index contributed by atoms with van der Waals surface area (Å²) in [5, 5.41) is -0.526. The maximum absolute atomic E-state index is 14.3. The third-order valence-corrected chi connectivity index (χ3v) is 6.18. The number of ether oxygens (including phenoxy) is 2. The maximum Gasteiger partial charge on any atom is 0.389 e. The standard InChI is InChI=1S/C25H26F4N4O5S/c1-15(2)14-38-18-12-16(11-17(26)13-18)20-8-7-19(24(31-20)37-10-4-9-25(27,28)29)23(34)33-39(35,36)22-6-3-5-21(30)32-22/h3,5-8,11-13,15H,4,9-10,14H2,1-2H3,(H2,30,32)(H,33,34). The van der Waals surface area contributed by atoms with Gasteiger partial charge in [-0.15, -0.1) is 0 Å². The number of carbonyl (C=O) groups excluding carboxylic acids is 1. The van der Waals surface area contributed by atoms with E-state index >= 15 is 0 Å². The molecule has 0 bridgehead atoms. The molecular formula is C25H26F4N4O5S. The zero-order chi connectivity index (χ0) is 28.8. The minimum absolute atomic E-state index is 0.100. The molecule has 2 heterocycles. The number of hydrogen-bond acceptors (Lipinski definition) is 8. The Morgan fingerprint density at radius 1 is 1.08 bits per heavy atom. The van der Waals surface area contributed by atoms with E-state index in [0.29, 0.717) is 6.61 Å². The molecule has 14 heteroatoms. The first-order valence-electron chi connectivity index (χ1n) is 11.7. The minimum Gasteiger partial charge on any atom is -0.493 e. The van der Waals surface area contributed by atoms with E-state index in [1.165, 1.54) is 36.4 Å². The Morgan fingerprint density at radius 3 is 2.49 bits per heavy atom. The van der Waals surface area contributed by atoms with Crippen LogP contribution in [0.25, 0.3) is 11.3 Å². The van der Waals surface area contributed by atoms with Crippen molar-refractivity contribution in [1.29, 1.82) is 0 Å². The molecule has 0 atom stereocenters. The number of sulfonamides is 1. The van der Waals surface area contributed by atoms with Crippen molar-refractivity contribution in [3.05, 3.63) is 59.9 Å². The van der Waals surface area contributed by atoms with Gasteiger partial charge in [0, 0.05) is 18.1 Å². The first-order valence-corrected chi connectivity index (χ1v) is 13.2. The molecule has 3 aromatic rings. The van der Waals surface area contributed by atoms with Crippen molar-refractivity contribution in [3.63, 3.8) is 0 Å². The van der Waals surface area contributed by atoms with Crippen LogP contribution in [0, 0.1) is 11.7 Å². The van der Waals surface area contributed by atoms with E-state index in [0.717, 1.165) is 12.1 Å². The lowest BCUT2D eigenvalue weighted by Gasteiger charge is -2.14. The van der Waals surface area contributed by atoms with Crippen LogP contribution >= 0.6 is 0 Å². The molecular weight excluding hydrogens is 544 g/mol. The number of pyridine rings is 2. The summed E-state index contributed by atoms with van der Waals surface area (Å²) in [4.78, 5) is 20.8. The van der Waals surface area contributed by atoms with E-state index in [9.17, 15) is 30.8 Å². The highest BCUT2D eigenvalue weighted by Crippen LogP contribution is 2.29. The molecule has 210 valence electrons. The van der Waals surface area contributed by atoms with Crippen molar-refractivity contribution < 1.29 is 40.2 Å². The van der Waals surface area contributed by atoms with E-state index in [1.54, 1.807) is 0 Å². The zero-order valence-corrected chi connectivity index (χ0v) is 21.8. The van der Waals surface area contributed by atoms with Crippen molar-refractivity contribution in [3.8, 4) is 22.9 Å². The number of nitrogens with two attached hydrogens (primary N) is 1. The average Bonchev–Trinajstić information content (AvgIpc) is 2.84. The second kappa shape index (κ2) is 12.3. The molecule has 0 saturated carbocycles. The van der Waals surface area contributed by atoms with Gasteiger partial charge in [0.1, 0.15) is 22.9 Å². The fraction of sp³-hybridized carbons (Fsp3) is 0.320. The molecule has 3 N–H and O–H groups in total. The molecule has 2 aromatic heterocycles. The number of nitrogens with zero attached hydrogens (tertiary/aromatic N) is 2. The van der Waals surface area contributed by atoms with Crippen LogP contribution in [0.1, 0.15) is 37.0 Å². The average molecular weight is 571 g/mol. The van der Waals surface area contributed by atoms with Gasteiger partial charge in [-0.05, 0) is 48.7 Å². The lowest BCUT2D eigenvalue weighted by atomic mass is 10.1. The van der Waals surface area contributed by atoms with E-state index in [1.807, 2.05) is 18.6 Å². The monoisotopic (exact) mass is 570 g/mol. The third-order valence-electron chi connectivity index (χ3n) is 4.95. The largest absolute Gasteiger partial charge is 0.493 e. The van der Waals surface area contributed by atoms with Crippen LogP contribution in [0.4, 0.5) is 23.4 Å². The summed E-state index contributed by atoms with van der Waals surface area (Å²) < 4.78 is 90.0. The Balaban J connectivity index is 1.94. The highest BCUT2D eigenvalue weighted by Gasteiger charge is 2.27. The van der Waals surface area contributed by atoms with Crippen molar-refractivity contribution in [2.45, 2.75) is 37.9 Å². The molecule has 0 aliphatic carbocycles. The van der Waals surface area contributed by atoms with E-state index in [4.69, 9.17) is 15.2 Å². The number of halogens is 4. The second-order valence-electron chi connectivity index (χ2n) is 8.83. The maximum atomic E-state index is 14.3. The summed E-state index contributed by atoms with van der Waals surface area (Å²) in [7, 11) is -4.47. The molecule has 39 heavy (non-hydrogen) atoms. The Kier molecular flexibility index (Phi) is 9.32. The number of carbonyl (C=O) groups is 1. The van der Waals surface area contributed by atoms with E-state index in [2.05, 4.69) is 9.97 Å². The van der Waals surface area contributed by atoms with Crippen LogP contribution in [-0.4, -0.2) is 43.7 Å². The molecule has 0 unspecified atom stereocenters. The lowest BCUT2D eigenvalue weighted by molar-refractivity contribution is -0.136. The van der Waals surface area contributed by atoms with Crippen LogP contribution in [0.3, 0.4) is 0 Å². The van der Waals surface area contributed by atoms with Gasteiger partial charge < -0.3 is 15.2 Å². The molecule has 0 saturated heterocycles. The number of nitrogen functional groups attached to an aromatic ring is 1. The van der Waals surface area contributed by atoms with Gasteiger partial charge in [0.2, 0.25) is 5.88 Å². The number of amides is 1. The van der Waals surface area contributed by atoms with Crippen LogP contribution in [0.5, 0.6) is 11.6 Å². The third kappa shape index (κ3) is 8.80. The van der Waals surface area contributed by atoms with Crippen LogP contribution in [0.2, 0.25) is 0 Å². The summed E-state index contributed by atoms with van der Waals surface area (Å²) >= 11 is 0. The molecule has 1 aromatic carbocycles. The van der Waals surface area contributed by atoms with Gasteiger partial charge in [-0.25, -0.2) is 19.1 Å². The first kappa shape index (κ1) is 29.6. The normalized spacial score (nSPS) is 11.9. The Hall–Kier alpha value is -3.94. The summed E-state index contributed by atoms with van der Waals surface area (Å²) in [6, 6.07) is 10.1. The topological polar surface area (TPSA) is 134 Å². The number of alkyl halides is 3. The molecule has 0 fully saturated rings. The highest BCUT2D eigenvalue weighted by atomic mass is 32.2. The van der Waals surface area contributed by atoms with E-state index < -0.39 is 58.3 Å². The number of hydrogen-bond donors (Lipinski definition) is 2. The predicted molar refractivity (Wildman–Crippen MR) is 134 cm³/mol. The Bertz CT molecular complexity index is 1430. The molecule has 0 aliphatic heterocycles. The summed E-state index contributed by atoms with van der Waals surface area (Å²) in [5.41, 5.74) is 5.47. The number of anilines is 1. The fourth-order valence-corrected chi connectivity index (χ4v) is 4.13. The van der Waals surface area contributed by atoms with Crippen molar-refractivity contribution >= 4 is 21.7 Å². The van der Waals surface area contributed by atoms with Crippen LogP contribution in [-0.2, 0) is 10.0 Å². The highest BCUT2D eigenvalue weighted by molar-refractivity contribution is 7.90. The van der Waals surface area contributed by atoms with Gasteiger partial charge in [0.15, 0.2) is 5.03 Å². The van der Waals surface area contributed by atoms with Gasteiger partial charge in [-0.3, -0.25) is 4.79 Å². The fourth-order valence-electron chi connectivity index (χ4n) is 3.19. The van der Waals surface area contributed by atoms with Gasteiger partial charge in [0.05, 0.1) is 18.9 Å². The zero-order valence-electron chi connectivity index (χ0n) is 21.0. The van der Waals surface area contributed by atoms with Crippen LogP contribution in [0.15, 0.2) is 53.6 Å². The number of nitrogens with one attached hydrogen (secondary N) is 1. The molecule has 9 nitrogen and oxygen atoms in total. The SMILES string of the molecule is CC(C)COc1cc(F)cc(-c2ccc(C(=O)NS(=O)(=O)c3cccc(N)n3)c(OCCCC(F)(F)F)n2)c1. The van der Waals surface area contributed by atoms with Crippen molar-refractivity contribution in [2.75, 3.05) is 18.9 Å². The van der Waals surface area contributed by atoms with Crippen molar-refractivity contribution in [1.82, 2.24) is 14.7 Å². The summed E-state index contributed by atoms with van der Waals surface area (Å²) in [6.45, 7) is 3.67. The Morgan fingerprint density at radius 2 is 1.82 bits per heavy atom. The van der Waals surface area contributed by atoms with Gasteiger partial charge in [-0.1, -0.05) is 19.9 Å². The molecule has 3 rings (SSSR count). The van der Waals surface area contributed by atoms with Gasteiger partial charge in [-0.2, -0.15) is 21.6 Å². The van der Waals surface area contributed by atoms with Gasteiger partial charge >= 0.3 is 6.18 Å². The number of benzene rings is 1. The quantitative estimate of drug-likeness (QED) is 0.250. The van der Waals surface area contributed by atoms with Crippen LogP contribution < -0.4 is 19.9 Å². The lowest BCUT2D eigenvalue weighted by Crippen LogP contribution is -2.31. The smallest absolute Gasteiger partial charge is 0.389 e. The molecule has 0 aliphatic rings. The molecule has 0 radical (unpaired) electrons. The van der Waals surface area contributed by atoms with E-state index in [-0.39, 0.29) is 34.3 Å². The van der Waals surface area contributed by atoms with Gasteiger partial charge in [0.25, 0.3) is 15.9 Å². The molecule has 1 amide bonds. The van der Waals surface area contributed by atoms with Crippen molar-refractivity contribution in [2.24, 2.45) is 5.92 Å². The summed E-state index contributed by atoms with van der Waals surface area (Å²) in [6.07, 6.45) is -6.02. The Labute approximate surface area is 222 Å². The second-order valence-corrected chi connectivity index (χ2v) is 10.5. The number of aromatic nitrogens is 2. The number of rotatable bonds is 11. The first-order chi connectivity index (χ1) is 18.2. The summed E-state index contributed by atoms with van der Waals surface area (Å²) in [5.74, 6) is -1.97.